The number of halogens is 1. The molecule has 1 aromatic heterocycles. The zero-order valence-electron chi connectivity index (χ0n) is 10.6. The molecule has 0 saturated carbocycles. The fourth-order valence-corrected chi connectivity index (χ4v) is 2.09. The van der Waals surface area contributed by atoms with Gasteiger partial charge in [0.15, 0.2) is 11.9 Å². The minimum Gasteiger partial charge on any atom is -0.394 e. The van der Waals surface area contributed by atoms with E-state index < -0.39 is 36.4 Å². The van der Waals surface area contributed by atoms with Gasteiger partial charge in [-0.3, -0.25) is 9.36 Å². The molecule has 0 bridgehead atoms. The molecule has 20 heavy (non-hydrogen) atoms. The monoisotopic (exact) mass is 287 g/mol. The number of rotatable bonds is 4. The molecule has 0 radical (unpaired) electrons. The van der Waals surface area contributed by atoms with Crippen LogP contribution in [-0.2, 0) is 9.53 Å². The van der Waals surface area contributed by atoms with Crippen LogP contribution in [0, 0.1) is 0 Å². The van der Waals surface area contributed by atoms with Crippen molar-refractivity contribution in [2.24, 2.45) is 0 Å². The molecule has 1 aliphatic rings. The zero-order chi connectivity index (χ0) is 14.9. The predicted octanol–water partition coefficient (Wildman–Crippen LogP) is -1.21. The van der Waals surface area contributed by atoms with Crippen LogP contribution in [0.2, 0.25) is 0 Å². The van der Waals surface area contributed by atoms with E-state index in [-0.39, 0.29) is 5.82 Å². The molecule has 1 fully saturated rings. The van der Waals surface area contributed by atoms with Gasteiger partial charge in [0.25, 0.3) is 0 Å². The molecule has 8 nitrogen and oxygen atoms in total. The van der Waals surface area contributed by atoms with Gasteiger partial charge in [-0.2, -0.15) is 4.98 Å². The Hall–Kier alpha value is -1.84. The van der Waals surface area contributed by atoms with Gasteiger partial charge >= 0.3 is 5.69 Å². The molecular formula is C11H14FN3O5. The van der Waals surface area contributed by atoms with Gasteiger partial charge in [0.2, 0.25) is 6.41 Å². The first-order valence-corrected chi connectivity index (χ1v) is 5.84. The molecule has 0 spiro atoms. The van der Waals surface area contributed by atoms with Crippen molar-refractivity contribution < 1.29 is 24.1 Å². The maximum Gasteiger partial charge on any atom is 0.351 e. The van der Waals surface area contributed by atoms with Crippen molar-refractivity contribution in [3.05, 3.63) is 22.7 Å². The summed E-state index contributed by atoms with van der Waals surface area (Å²) in [5, 5.41) is 20.9. The van der Waals surface area contributed by atoms with Gasteiger partial charge < -0.3 is 20.3 Å². The van der Waals surface area contributed by atoms with Crippen molar-refractivity contribution in [1.29, 1.82) is 0 Å². The van der Waals surface area contributed by atoms with Crippen molar-refractivity contribution in [3.63, 3.8) is 0 Å². The first kappa shape index (κ1) is 14.6. The summed E-state index contributed by atoms with van der Waals surface area (Å²) in [6.07, 6.45) is -2.58. The average Bonchev–Trinajstić information content (AvgIpc) is 2.62. The molecule has 1 saturated heterocycles. The maximum atomic E-state index is 14.5. The van der Waals surface area contributed by atoms with E-state index in [4.69, 9.17) is 9.84 Å². The number of aliphatic hydroxyl groups excluding tert-OH is 2. The van der Waals surface area contributed by atoms with Gasteiger partial charge in [-0.25, -0.2) is 9.18 Å². The molecule has 9 heteroatoms. The van der Waals surface area contributed by atoms with E-state index in [0.29, 0.717) is 6.41 Å². The number of nitrogens with one attached hydrogen (secondary N) is 1. The molecule has 2 heterocycles. The Labute approximate surface area is 112 Å². The van der Waals surface area contributed by atoms with Crippen LogP contribution in [0.3, 0.4) is 0 Å². The Balaban J connectivity index is 2.37. The summed E-state index contributed by atoms with van der Waals surface area (Å²) < 4.78 is 20.5. The third kappa shape index (κ3) is 2.30. The number of hydrogen-bond acceptors (Lipinski definition) is 6. The van der Waals surface area contributed by atoms with E-state index in [1.807, 2.05) is 0 Å². The lowest BCUT2D eigenvalue weighted by Gasteiger charge is -2.24. The smallest absolute Gasteiger partial charge is 0.351 e. The van der Waals surface area contributed by atoms with Crippen LogP contribution in [-0.4, -0.2) is 50.7 Å². The zero-order valence-corrected chi connectivity index (χ0v) is 10.6. The number of nitrogens with zero attached hydrogens (tertiary/aromatic N) is 2. The van der Waals surface area contributed by atoms with Crippen molar-refractivity contribution >= 4 is 12.2 Å². The van der Waals surface area contributed by atoms with Gasteiger partial charge in [0.05, 0.1) is 6.61 Å². The Morgan fingerprint density at radius 3 is 2.90 bits per heavy atom. The van der Waals surface area contributed by atoms with E-state index in [2.05, 4.69) is 10.3 Å². The fourth-order valence-electron chi connectivity index (χ4n) is 2.09. The molecule has 1 aliphatic heterocycles. The van der Waals surface area contributed by atoms with Crippen molar-refractivity contribution in [2.45, 2.75) is 31.0 Å². The summed E-state index contributed by atoms with van der Waals surface area (Å²) in [6, 6.07) is 1.29. The molecule has 0 aliphatic carbocycles. The third-order valence-electron chi connectivity index (χ3n) is 3.19. The topological polar surface area (TPSA) is 114 Å². The second kappa shape index (κ2) is 5.27. The lowest BCUT2D eigenvalue weighted by Crippen LogP contribution is -2.42. The highest BCUT2D eigenvalue weighted by Gasteiger charge is 2.55. The summed E-state index contributed by atoms with van der Waals surface area (Å²) in [5.74, 6) is 0.0130. The van der Waals surface area contributed by atoms with E-state index in [1.165, 1.54) is 12.3 Å². The molecular weight excluding hydrogens is 273 g/mol. The normalized spacial score (nSPS) is 33.1. The molecule has 1 amide bonds. The highest BCUT2D eigenvalue weighted by Crippen LogP contribution is 2.40. The summed E-state index contributed by atoms with van der Waals surface area (Å²) in [6.45, 7) is 0.492. The Kier molecular flexibility index (Phi) is 3.84. The van der Waals surface area contributed by atoms with Crippen LogP contribution >= 0.6 is 0 Å². The maximum absolute atomic E-state index is 14.5. The van der Waals surface area contributed by atoms with Gasteiger partial charge in [-0.15, -0.1) is 0 Å². The first-order valence-electron chi connectivity index (χ1n) is 5.84. The Bertz CT molecular complexity index is 561. The van der Waals surface area contributed by atoms with E-state index in [0.717, 1.165) is 11.5 Å². The number of aromatic nitrogens is 2. The highest BCUT2D eigenvalue weighted by molar-refractivity contribution is 5.68. The fraction of sp³-hybridized carbons (Fsp3) is 0.545. The van der Waals surface area contributed by atoms with Crippen LogP contribution in [0.4, 0.5) is 10.2 Å². The number of ether oxygens (including phenoxy) is 1. The molecule has 0 aromatic carbocycles. The highest BCUT2D eigenvalue weighted by atomic mass is 19.1. The van der Waals surface area contributed by atoms with Gasteiger partial charge in [0, 0.05) is 6.20 Å². The number of carbonyl (C=O) groups excluding carboxylic acids is 1. The number of anilines is 1. The minimum atomic E-state index is -2.27. The number of aliphatic hydroxyl groups is 2. The van der Waals surface area contributed by atoms with Gasteiger partial charge in [-0.05, 0) is 13.0 Å². The minimum absolute atomic E-state index is 0.0130. The van der Waals surface area contributed by atoms with Crippen LogP contribution in [0.5, 0.6) is 0 Å². The summed E-state index contributed by atoms with van der Waals surface area (Å²) >= 11 is 0. The quantitative estimate of drug-likeness (QED) is 0.599. The largest absolute Gasteiger partial charge is 0.394 e. The SMILES string of the molecule is C[C@@]1(F)[C@H](O)[C@@H](CO)O[C@@H]1n1ccc(NC=O)nc1=O. The van der Waals surface area contributed by atoms with Crippen LogP contribution in [0.1, 0.15) is 13.2 Å². The van der Waals surface area contributed by atoms with E-state index >= 15 is 0 Å². The van der Waals surface area contributed by atoms with Crippen LogP contribution < -0.4 is 11.0 Å². The summed E-state index contributed by atoms with van der Waals surface area (Å²) in [7, 11) is 0. The standard InChI is InChI=1S/C11H14FN3O5/c1-11(12)8(18)6(4-16)20-9(11)15-3-2-7(13-5-17)14-10(15)19/h2-3,5-6,8-9,16,18H,4H2,1H3,(H,13,14,17,19)/t6-,8-,9+,11-/m1/s1. The Morgan fingerprint density at radius 1 is 1.70 bits per heavy atom. The number of hydrogen-bond donors (Lipinski definition) is 3. The van der Waals surface area contributed by atoms with Crippen molar-refractivity contribution in [3.8, 4) is 0 Å². The Morgan fingerprint density at radius 2 is 2.40 bits per heavy atom. The second-order valence-corrected chi connectivity index (χ2v) is 4.57. The van der Waals surface area contributed by atoms with Crippen molar-refractivity contribution in [1.82, 2.24) is 9.55 Å². The molecule has 3 N–H and O–H groups in total. The van der Waals surface area contributed by atoms with E-state index in [1.54, 1.807) is 0 Å². The molecule has 4 atom stereocenters. The van der Waals surface area contributed by atoms with Crippen molar-refractivity contribution in [2.75, 3.05) is 11.9 Å². The number of amides is 1. The number of carbonyl (C=O) groups is 1. The third-order valence-corrected chi connectivity index (χ3v) is 3.19. The summed E-state index contributed by atoms with van der Waals surface area (Å²) in [5.41, 5.74) is -3.12. The summed E-state index contributed by atoms with van der Waals surface area (Å²) in [4.78, 5) is 25.6. The van der Waals surface area contributed by atoms with E-state index in [9.17, 15) is 19.1 Å². The second-order valence-electron chi connectivity index (χ2n) is 4.57. The molecule has 1 aromatic rings. The average molecular weight is 287 g/mol. The van der Waals surface area contributed by atoms with Crippen LogP contribution in [0.15, 0.2) is 17.1 Å². The van der Waals surface area contributed by atoms with Crippen LogP contribution in [0.25, 0.3) is 0 Å². The molecule has 2 rings (SSSR count). The lowest BCUT2D eigenvalue weighted by molar-refractivity contribution is -0.105. The molecule has 110 valence electrons. The lowest BCUT2D eigenvalue weighted by atomic mass is 9.98. The van der Waals surface area contributed by atoms with Gasteiger partial charge in [-0.1, -0.05) is 0 Å². The predicted molar refractivity (Wildman–Crippen MR) is 64.7 cm³/mol. The van der Waals surface area contributed by atoms with Gasteiger partial charge in [0.1, 0.15) is 18.0 Å². The number of alkyl halides is 1. The first-order chi connectivity index (χ1) is 9.41. The molecule has 0 unspecified atom stereocenters.